The van der Waals surface area contributed by atoms with Crippen molar-refractivity contribution < 1.29 is 14.2 Å². The largest absolute Gasteiger partial charge is 0.496 e. The van der Waals surface area contributed by atoms with Crippen LogP contribution in [-0.4, -0.2) is 26.4 Å². The van der Waals surface area contributed by atoms with E-state index in [9.17, 15) is 0 Å². The van der Waals surface area contributed by atoms with E-state index in [1.165, 1.54) is 0 Å². The molecule has 4 nitrogen and oxygen atoms in total. The van der Waals surface area contributed by atoms with Crippen LogP contribution in [-0.2, 0) is 9.47 Å². The average Bonchev–Trinajstić information content (AvgIpc) is 2.77. The van der Waals surface area contributed by atoms with Crippen molar-refractivity contribution in [3.8, 4) is 5.75 Å². The molecular weight excluding hydrogens is 206 g/mol. The van der Waals surface area contributed by atoms with Crippen molar-refractivity contribution in [2.75, 3.05) is 20.3 Å². The van der Waals surface area contributed by atoms with Crippen LogP contribution in [0.3, 0.4) is 0 Å². The number of hydrogen-bond donors (Lipinski definition) is 1. The molecule has 2 atom stereocenters. The van der Waals surface area contributed by atoms with E-state index in [2.05, 4.69) is 0 Å². The minimum Gasteiger partial charge on any atom is -0.496 e. The van der Waals surface area contributed by atoms with E-state index >= 15 is 0 Å². The predicted octanol–water partition coefficient (Wildman–Crippen LogP) is 1.38. The molecule has 1 aromatic carbocycles. The number of aryl methyl sites for hydroxylation is 1. The summed E-state index contributed by atoms with van der Waals surface area (Å²) in [6.07, 6.45) is -0.287. The zero-order valence-corrected chi connectivity index (χ0v) is 9.60. The molecule has 2 N–H and O–H groups in total. The Kier molecular flexibility index (Phi) is 3.43. The van der Waals surface area contributed by atoms with Crippen molar-refractivity contribution in [1.29, 1.82) is 0 Å². The maximum Gasteiger partial charge on any atom is 0.184 e. The van der Waals surface area contributed by atoms with Crippen molar-refractivity contribution in [2.45, 2.75) is 19.3 Å². The minimum absolute atomic E-state index is 0.00686. The van der Waals surface area contributed by atoms with Gasteiger partial charge in [-0.05, 0) is 24.6 Å². The van der Waals surface area contributed by atoms with Crippen LogP contribution in [0.15, 0.2) is 18.2 Å². The Labute approximate surface area is 95.3 Å². The Balaban J connectivity index is 2.13. The van der Waals surface area contributed by atoms with Gasteiger partial charge in [-0.3, -0.25) is 0 Å². The molecule has 4 heteroatoms. The van der Waals surface area contributed by atoms with E-state index < -0.39 is 0 Å². The Morgan fingerprint density at radius 2 is 2.31 bits per heavy atom. The van der Waals surface area contributed by atoms with Gasteiger partial charge in [0.25, 0.3) is 0 Å². The second-order valence-corrected chi connectivity index (χ2v) is 3.89. The summed E-state index contributed by atoms with van der Waals surface area (Å²) < 4.78 is 16.4. The highest BCUT2D eigenvalue weighted by atomic mass is 16.7. The standard InChI is InChI=1S/C12H17NO3/c1-8-5-9(3-4-11(8)14-2)12-15-7-10(6-13)16-12/h3-5,10,12H,6-7,13H2,1-2H3. The molecule has 1 aliphatic rings. The number of methoxy groups -OCH3 is 1. The van der Waals surface area contributed by atoms with Gasteiger partial charge in [-0.25, -0.2) is 0 Å². The topological polar surface area (TPSA) is 53.7 Å². The van der Waals surface area contributed by atoms with E-state index in [4.69, 9.17) is 19.9 Å². The highest BCUT2D eigenvalue weighted by molar-refractivity contribution is 5.36. The first-order chi connectivity index (χ1) is 7.74. The lowest BCUT2D eigenvalue weighted by atomic mass is 10.1. The number of rotatable bonds is 3. The molecule has 1 aliphatic heterocycles. The van der Waals surface area contributed by atoms with Crippen LogP contribution in [0.5, 0.6) is 5.75 Å². The first kappa shape index (κ1) is 11.4. The molecule has 0 spiro atoms. The van der Waals surface area contributed by atoms with E-state index in [0.29, 0.717) is 13.2 Å². The van der Waals surface area contributed by atoms with Crippen LogP contribution in [0.25, 0.3) is 0 Å². The van der Waals surface area contributed by atoms with Gasteiger partial charge in [0, 0.05) is 12.1 Å². The molecule has 16 heavy (non-hydrogen) atoms. The molecule has 88 valence electrons. The van der Waals surface area contributed by atoms with E-state index in [-0.39, 0.29) is 12.4 Å². The van der Waals surface area contributed by atoms with Crippen molar-refractivity contribution in [3.05, 3.63) is 29.3 Å². The lowest BCUT2D eigenvalue weighted by molar-refractivity contribution is -0.0585. The summed E-state index contributed by atoms with van der Waals surface area (Å²) in [6.45, 7) is 3.05. The summed E-state index contributed by atoms with van der Waals surface area (Å²) in [5, 5.41) is 0. The normalized spacial score (nSPS) is 24.7. The highest BCUT2D eigenvalue weighted by Crippen LogP contribution is 2.29. The fourth-order valence-electron chi connectivity index (χ4n) is 1.79. The molecule has 0 bridgehead atoms. The van der Waals surface area contributed by atoms with Crippen LogP contribution in [0.4, 0.5) is 0 Å². The van der Waals surface area contributed by atoms with Crippen molar-refractivity contribution in [1.82, 2.24) is 0 Å². The predicted molar refractivity (Wildman–Crippen MR) is 60.4 cm³/mol. The third-order valence-corrected chi connectivity index (χ3v) is 2.70. The molecule has 0 saturated carbocycles. The highest BCUT2D eigenvalue weighted by Gasteiger charge is 2.26. The summed E-state index contributed by atoms with van der Waals surface area (Å²) in [7, 11) is 1.66. The Morgan fingerprint density at radius 3 is 2.88 bits per heavy atom. The Hall–Kier alpha value is -1.10. The molecule has 0 radical (unpaired) electrons. The molecule has 0 amide bonds. The second-order valence-electron chi connectivity index (χ2n) is 3.89. The van der Waals surface area contributed by atoms with E-state index in [1.54, 1.807) is 7.11 Å². The fraction of sp³-hybridized carbons (Fsp3) is 0.500. The molecule has 1 aromatic rings. The third-order valence-electron chi connectivity index (χ3n) is 2.70. The van der Waals surface area contributed by atoms with Crippen LogP contribution in [0.2, 0.25) is 0 Å². The first-order valence-electron chi connectivity index (χ1n) is 5.36. The fourth-order valence-corrected chi connectivity index (χ4v) is 1.79. The quantitative estimate of drug-likeness (QED) is 0.841. The lowest BCUT2D eigenvalue weighted by Crippen LogP contribution is -2.21. The van der Waals surface area contributed by atoms with Gasteiger partial charge in [-0.2, -0.15) is 0 Å². The second kappa shape index (κ2) is 4.82. The molecule has 0 aromatic heterocycles. The van der Waals surface area contributed by atoms with Crippen LogP contribution < -0.4 is 10.5 Å². The van der Waals surface area contributed by atoms with Gasteiger partial charge >= 0.3 is 0 Å². The van der Waals surface area contributed by atoms with Crippen LogP contribution in [0, 0.1) is 6.92 Å². The zero-order valence-electron chi connectivity index (χ0n) is 9.60. The van der Waals surface area contributed by atoms with Gasteiger partial charge < -0.3 is 19.9 Å². The van der Waals surface area contributed by atoms with Crippen molar-refractivity contribution in [3.63, 3.8) is 0 Å². The number of benzene rings is 1. The molecular formula is C12H17NO3. The number of ether oxygens (including phenoxy) is 3. The van der Waals surface area contributed by atoms with Gasteiger partial charge in [-0.15, -0.1) is 0 Å². The Morgan fingerprint density at radius 1 is 1.50 bits per heavy atom. The van der Waals surface area contributed by atoms with Gasteiger partial charge in [0.15, 0.2) is 6.29 Å². The summed E-state index contributed by atoms with van der Waals surface area (Å²) in [6, 6.07) is 5.89. The monoisotopic (exact) mass is 223 g/mol. The van der Waals surface area contributed by atoms with Crippen molar-refractivity contribution in [2.24, 2.45) is 5.73 Å². The molecule has 2 unspecified atom stereocenters. The molecule has 1 fully saturated rings. The van der Waals surface area contributed by atoms with Crippen LogP contribution in [0.1, 0.15) is 17.4 Å². The van der Waals surface area contributed by atoms with Crippen molar-refractivity contribution >= 4 is 0 Å². The summed E-state index contributed by atoms with van der Waals surface area (Å²) in [4.78, 5) is 0. The summed E-state index contributed by atoms with van der Waals surface area (Å²) in [5.74, 6) is 0.872. The first-order valence-corrected chi connectivity index (χ1v) is 5.36. The SMILES string of the molecule is COc1ccc(C2OCC(CN)O2)cc1C. The summed E-state index contributed by atoms with van der Waals surface area (Å²) in [5.41, 5.74) is 7.61. The molecule has 2 rings (SSSR count). The number of hydrogen-bond acceptors (Lipinski definition) is 4. The smallest absolute Gasteiger partial charge is 0.184 e. The maximum atomic E-state index is 5.64. The maximum absolute atomic E-state index is 5.64. The van der Waals surface area contributed by atoms with Crippen LogP contribution >= 0.6 is 0 Å². The third kappa shape index (κ3) is 2.19. The summed E-state index contributed by atoms with van der Waals surface area (Å²) >= 11 is 0. The molecule has 0 aliphatic carbocycles. The van der Waals surface area contributed by atoms with Gasteiger partial charge in [0.2, 0.25) is 0 Å². The Bertz CT molecular complexity index is 367. The van der Waals surface area contributed by atoms with E-state index in [1.807, 2.05) is 25.1 Å². The average molecular weight is 223 g/mol. The van der Waals surface area contributed by atoms with Gasteiger partial charge in [0.1, 0.15) is 5.75 Å². The minimum atomic E-state index is -0.293. The lowest BCUT2D eigenvalue weighted by Gasteiger charge is -2.13. The zero-order chi connectivity index (χ0) is 11.5. The van der Waals surface area contributed by atoms with Gasteiger partial charge in [-0.1, -0.05) is 6.07 Å². The van der Waals surface area contributed by atoms with Gasteiger partial charge in [0.05, 0.1) is 19.8 Å². The molecule has 1 heterocycles. The molecule has 1 saturated heterocycles. The van der Waals surface area contributed by atoms with E-state index in [0.717, 1.165) is 16.9 Å². The number of nitrogens with two attached hydrogens (primary N) is 1.